The number of hydrogen-bond acceptors (Lipinski definition) is 3. The minimum absolute atomic E-state index is 0.176. The zero-order chi connectivity index (χ0) is 12.0. The highest BCUT2D eigenvalue weighted by Gasteiger charge is 2.13. The third-order valence-corrected chi connectivity index (χ3v) is 2.45. The van der Waals surface area contributed by atoms with Gasteiger partial charge in [-0.25, -0.2) is 0 Å². The fourth-order valence-electron chi connectivity index (χ4n) is 1.60. The molecule has 4 heteroatoms. The van der Waals surface area contributed by atoms with Crippen LogP contribution < -0.4 is 5.32 Å². The van der Waals surface area contributed by atoms with Crippen LogP contribution in [0.5, 0.6) is 0 Å². The van der Waals surface area contributed by atoms with Gasteiger partial charge in [0, 0.05) is 12.6 Å². The Bertz CT molecular complexity index is 364. The average molecular weight is 222 g/mol. The molecule has 1 aromatic carbocycles. The first-order valence-electron chi connectivity index (χ1n) is 5.70. The SMILES string of the molecule is CCCCc1ccc(NCC)c([N+](=O)[O-])c1. The summed E-state index contributed by atoms with van der Waals surface area (Å²) < 4.78 is 0. The van der Waals surface area contributed by atoms with E-state index in [4.69, 9.17) is 0 Å². The van der Waals surface area contributed by atoms with E-state index in [0.717, 1.165) is 24.8 Å². The summed E-state index contributed by atoms with van der Waals surface area (Å²) in [5, 5.41) is 13.9. The lowest BCUT2D eigenvalue weighted by Crippen LogP contribution is -2.01. The second-order valence-corrected chi connectivity index (χ2v) is 3.74. The molecule has 0 aliphatic carbocycles. The van der Waals surface area contributed by atoms with Crippen molar-refractivity contribution in [2.24, 2.45) is 0 Å². The van der Waals surface area contributed by atoms with Crippen LogP contribution in [0.15, 0.2) is 18.2 Å². The van der Waals surface area contributed by atoms with Crippen LogP contribution in [0.2, 0.25) is 0 Å². The molecule has 0 spiro atoms. The fourth-order valence-corrected chi connectivity index (χ4v) is 1.60. The maximum Gasteiger partial charge on any atom is 0.292 e. The Balaban J connectivity index is 2.93. The molecule has 0 aromatic heterocycles. The summed E-state index contributed by atoms with van der Waals surface area (Å²) in [5.41, 5.74) is 1.82. The first-order chi connectivity index (χ1) is 7.69. The average Bonchev–Trinajstić information content (AvgIpc) is 2.27. The van der Waals surface area contributed by atoms with Gasteiger partial charge in [0.15, 0.2) is 0 Å². The Hall–Kier alpha value is -1.58. The highest BCUT2D eigenvalue weighted by molar-refractivity contribution is 5.62. The molecule has 0 fully saturated rings. The van der Waals surface area contributed by atoms with Gasteiger partial charge in [-0.3, -0.25) is 10.1 Å². The van der Waals surface area contributed by atoms with Gasteiger partial charge in [0.2, 0.25) is 0 Å². The highest BCUT2D eigenvalue weighted by atomic mass is 16.6. The lowest BCUT2D eigenvalue weighted by atomic mass is 10.1. The molecule has 0 aliphatic rings. The van der Waals surface area contributed by atoms with E-state index < -0.39 is 0 Å². The molecule has 1 rings (SSSR count). The van der Waals surface area contributed by atoms with Crippen LogP contribution in [0.4, 0.5) is 11.4 Å². The standard InChI is InChI=1S/C12H18N2O2/c1-3-5-6-10-7-8-11(13-4-2)12(9-10)14(15)16/h7-9,13H,3-6H2,1-2H3. The van der Waals surface area contributed by atoms with E-state index in [1.807, 2.05) is 13.0 Å². The van der Waals surface area contributed by atoms with E-state index in [1.165, 1.54) is 0 Å². The molecule has 0 radical (unpaired) electrons. The molecule has 1 N–H and O–H groups in total. The van der Waals surface area contributed by atoms with Crippen LogP contribution in [-0.4, -0.2) is 11.5 Å². The first kappa shape index (κ1) is 12.5. The molecular formula is C12H18N2O2. The molecule has 0 heterocycles. The molecule has 4 nitrogen and oxygen atoms in total. The second kappa shape index (κ2) is 6.10. The topological polar surface area (TPSA) is 55.2 Å². The quantitative estimate of drug-likeness (QED) is 0.593. The van der Waals surface area contributed by atoms with Crippen molar-refractivity contribution in [2.45, 2.75) is 33.1 Å². The van der Waals surface area contributed by atoms with Gasteiger partial charge < -0.3 is 5.32 Å². The predicted octanol–water partition coefficient (Wildman–Crippen LogP) is 3.37. The summed E-state index contributed by atoms with van der Waals surface area (Å²) in [4.78, 5) is 10.6. The zero-order valence-electron chi connectivity index (χ0n) is 9.82. The molecular weight excluding hydrogens is 204 g/mol. The number of hydrogen-bond donors (Lipinski definition) is 1. The molecule has 16 heavy (non-hydrogen) atoms. The third-order valence-electron chi connectivity index (χ3n) is 2.45. The number of rotatable bonds is 6. The van der Waals surface area contributed by atoms with E-state index in [0.29, 0.717) is 12.2 Å². The molecule has 0 saturated heterocycles. The van der Waals surface area contributed by atoms with E-state index in [1.54, 1.807) is 12.1 Å². The van der Waals surface area contributed by atoms with E-state index in [-0.39, 0.29) is 10.6 Å². The number of nitrogens with zero attached hydrogens (tertiary/aromatic N) is 1. The van der Waals surface area contributed by atoms with Crippen molar-refractivity contribution in [1.29, 1.82) is 0 Å². The Labute approximate surface area is 95.8 Å². The summed E-state index contributed by atoms with van der Waals surface area (Å²) in [5.74, 6) is 0. The van der Waals surface area contributed by atoms with Crippen molar-refractivity contribution in [3.05, 3.63) is 33.9 Å². The summed E-state index contributed by atoms with van der Waals surface area (Å²) in [6.45, 7) is 4.73. The van der Waals surface area contributed by atoms with Gasteiger partial charge in [-0.15, -0.1) is 0 Å². The summed E-state index contributed by atoms with van der Waals surface area (Å²) in [7, 11) is 0. The van der Waals surface area contributed by atoms with Crippen molar-refractivity contribution in [1.82, 2.24) is 0 Å². The monoisotopic (exact) mass is 222 g/mol. The second-order valence-electron chi connectivity index (χ2n) is 3.74. The van der Waals surface area contributed by atoms with Crippen LogP contribution in [0.3, 0.4) is 0 Å². The number of nitro benzene ring substituents is 1. The van der Waals surface area contributed by atoms with Crippen molar-refractivity contribution in [3.8, 4) is 0 Å². The lowest BCUT2D eigenvalue weighted by Gasteiger charge is -2.06. The van der Waals surface area contributed by atoms with Crippen LogP contribution in [0.25, 0.3) is 0 Å². The summed E-state index contributed by atoms with van der Waals surface area (Å²) in [6, 6.07) is 5.43. The Morgan fingerprint density at radius 2 is 2.12 bits per heavy atom. The number of unbranched alkanes of at least 4 members (excludes halogenated alkanes) is 1. The molecule has 88 valence electrons. The van der Waals surface area contributed by atoms with Gasteiger partial charge >= 0.3 is 0 Å². The van der Waals surface area contributed by atoms with Gasteiger partial charge in [0.25, 0.3) is 5.69 Å². The molecule has 0 amide bonds. The van der Waals surface area contributed by atoms with Crippen LogP contribution in [-0.2, 0) is 6.42 Å². The molecule has 0 saturated carbocycles. The number of benzene rings is 1. The van der Waals surface area contributed by atoms with Crippen LogP contribution in [0, 0.1) is 10.1 Å². The van der Waals surface area contributed by atoms with Crippen molar-refractivity contribution < 1.29 is 4.92 Å². The minimum atomic E-state index is -0.326. The van der Waals surface area contributed by atoms with E-state index in [2.05, 4.69) is 12.2 Å². The Morgan fingerprint density at radius 1 is 1.38 bits per heavy atom. The van der Waals surface area contributed by atoms with Gasteiger partial charge in [0.05, 0.1) is 4.92 Å². The van der Waals surface area contributed by atoms with Gasteiger partial charge in [-0.05, 0) is 31.4 Å². The number of nitrogens with one attached hydrogen (secondary N) is 1. The van der Waals surface area contributed by atoms with Gasteiger partial charge in [-0.1, -0.05) is 19.4 Å². The largest absolute Gasteiger partial charge is 0.380 e. The summed E-state index contributed by atoms with van der Waals surface area (Å²) in [6.07, 6.45) is 3.07. The summed E-state index contributed by atoms with van der Waals surface area (Å²) >= 11 is 0. The third kappa shape index (κ3) is 3.22. The van der Waals surface area contributed by atoms with Crippen molar-refractivity contribution in [3.63, 3.8) is 0 Å². The molecule has 0 unspecified atom stereocenters. The molecule has 0 bridgehead atoms. The van der Waals surface area contributed by atoms with Crippen molar-refractivity contribution >= 4 is 11.4 Å². The maximum absolute atomic E-state index is 10.9. The van der Waals surface area contributed by atoms with Crippen LogP contribution >= 0.6 is 0 Å². The van der Waals surface area contributed by atoms with Gasteiger partial charge in [0.1, 0.15) is 5.69 Å². The predicted molar refractivity (Wildman–Crippen MR) is 65.9 cm³/mol. The number of nitro groups is 1. The number of anilines is 1. The smallest absolute Gasteiger partial charge is 0.292 e. The van der Waals surface area contributed by atoms with Crippen molar-refractivity contribution in [2.75, 3.05) is 11.9 Å². The minimum Gasteiger partial charge on any atom is -0.380 e. The molecule has 1 aromatic rings. The first-order valence-corrected chi connectivity index (χ1v) is 5.70. The Morgan fingerprint density at radius 3 is 2.69 bits per heavy atom. The lowest BCUT2D eigenvalue weighted by molar-refractivity contribution is -0.384. The van der Waals surface area contributed by atoms with Gasteiger partial charge in [-0.2, -0.15) is 0 Å². The molecule has 0 atom stereocenters. The zero-order valence-corrected chi connectivity index (χ0v) is 9.82. The van der Waals surface area contributed by atoms with E-state index >= 15 is 0 Å². The maximum atomic E-state index is 10.9. The highest BCUT2D eigenvalue weighted by Crippen LogP contribution is 2.26. The Kier molecular flexibility index (Phi) is 4.76. The van der Waals surface area contributed by atoms with E-state index in [9.17, 15) is 10.1 Å². The number of aryl methyl sites for hydroxylation is 1. The molecule has 0 aliphatic heterocycles. The fraction of sp³-hybridized carbons (Fsp3) is 0.500. The van der Waals surface area contributed by atoms with Crippen LogP contribution in [0.1, 0.15) is 32.3 Å². The normalized spacial score (nSPS) is 10.1.